The molecule has 3 N–H and O–H groups in total. The molecule has 0 aliphatic heterocycles. The molecule has 0 aromatic heterocycles. The minimum absolute atomic E-state index is 0.146. The molecule has 0 spiro atoms. The van der Waals surface area contributed by atoms with Crippen molar-refractivity contribution in [1.29, 1.82) is 0 Å². The Morgan fingerprint density at radius 1 is 1.53 bits per heavy atom. The van der Waals surface area contributed by atoms with Crippen molar-refractivity contribution in [2.75, 3.05) is 13.7 Å². The van der Waals surface area contributed by atoms with Crippen molar-refractivity contribution in [2.24, 2.45) is 5.73 Å². The number of benzene rings is 1. The molecule has 0 heterocycles. The molecular formula is C12H18N2O3S2. The van der Waals surface area contributed by atoms with Crippen molar-refractivity contribution >= 4 is 27.2 Å². The predicted octanol–water partition coefficient (Wildman–Crippen LogP) is 1.02. The molecular weight excluding hydrogens is 284 g/mol. The van der Waals surface area contributed by atoms with Crippen LogP contribution in [0.1, 0.15) is 18.9 Å². The summed E-state index contributed by atoms with van der Waals surface area (Å²) in [6.45, 7) is 2.21. The second-order valence-electron chi connectivity index (χ2n) is 4.07. The molecule has 1 unspecified atom stereocenters. The molecule has 1 atom stereocenters. The third-order valence-corrected chi connectivity index (χ3v) is 4.37. The van der Waals surface area contributed by atoms with Crippen LogP contribution < -0.4 is 10.5 Å². The lowest BCUT2D eigenvalue weighted by Gasteiger charge is -2.16. The number of rotatable bonds is 7. The zero-order valence-corrected chi connectivity index (χ0v) is 12.6. The summed E-state index contributed by atoms with van der Waals surface area (Å²) in [4.78, 5) is 0.313. The van der Waals surface area contributed by atoms with Crippen molar-refractivity contribution in [2.45, 2.75) is 24.3 Å². The molecule has 0 fully saturated rings. The lowest BCUT2D eigenvalue weighted by Crippen LogP contribution is -2.37. The largest absolute Gasteiger partial charge is 0.389 e. The Balaban J connectivity index is 2.99. The van der Waals surface area contributed by atoms with Gasteiger partial charge in [0.15, 0.2) is 0 Å². The van der Waals surface area contributed by atoms with Crippen LogP contribution in [-0.4, -0.2) is 33.2 Å². The Morgan fingerprint density at radius 3 is 2.74 bits per heavy atom. The van der Waals surface area contributed by atoms with Gasteiger partial charge in [0, 0.05) is 18.7 Å². The number of hydrogen-bond acceptors (Lipinski definition) is 4. The fraction of sp³-hybridized carbons (Fsp3) is 0.417. The number of methoxy groups -OCH3 is 1. The Labute approximate surface area is 119 Å². The van der Waals surface area contributed by atoms with Gasteiger partial charge in [-0.05, 0) is 18.6 Å². The van der Waals surface area contributed by atoms with Gasteiger partial charge in [-0.3, -0.25) is 0 Å². The van der Waals surface area contributed by atoms with Gasteiger partial charge in [-0.1, -0.05) is 31.3 Å². The highest BCUT2D eigenvalue weighted by Gasteiger charge is 2.19. The molecule has 0 saturated carbocycles. The summed E-state index contributed by atoms with van der Waals surface area (Å²) in [6, 6.07) is 5.99. The topological polar surface area (TPSA) is 81.4 Å². The normalized spacial score (nSPS) is 13.2. The van der Waals surface area contributed by atoms with Gasteiger partial charge >= 0.3 is 0 Å². The van der Waals surface area contributed by atoms with E-state index in [1.54, 1.807) is 12.1 Å². The summed E-state index contributed by atoms with van der Waals surface area (Å²) in [5.41, 5.74) is 6.02. The van der Waals surface area contributed by atoms with E-state index in [0.29, 0.717) is 18.6 Å². The number of sulfonamides is 1. The quantitative estimate of drug-likeness (QED) is 0.735. The molecule has 0 radical (unpaired) electrons. The monoisotopic (exact) mass is 302 g/mol. The Hall–Kier alpha value is -1.02. The standard InChI is InChI=1S/C12H18N2O3S2/c1-3-10(8-17-2)14-19(15,16)11-6-4-5-9(7-11)12(13)18/h4-7,10,14H,3,8H2,1-2H3,(H2,13,18). The van der Waals surface area contributed by atoms with Gasteiger partial charge in [0.25, 0.3) is 0 Å². The molecule has 5 nitrogen and oxygen atoms in total. The third-order valence-electron chi connectivity index (χ3n) is 2.61. The number of nitrogens with two attached hydrogens (primary N) is 1. The van der Waals surface area contributed by atoms with Gasteiger partial charge in [-0.2, -0.15) is 0 Å². The van der Waals surface area contributed by atoms with Crippen LogP contribution in [0.3, 0.4) is 0 Å². The number of thiocarbonyl (C=S) groups is 1. The minimum Gasteiger partial charge on any atom is -0.389 e. The maximum atomic E-state index is 12.2. The Bertz CT molecular complexity index is 544. The summed E-state index contributed by atoms with van der Waals surface area (Å²) in [7, 11) is -2.06. The molecule has 0 aliphatic carbocycles. The van der Waals surface area contributed by atoms with Crippen LogP contribution in [0.2, 0.25) is 0 Å². The van der Waals surface area contributed by atoms with E-state index in [1.165, 1.54) is 19.2 Å². The van der Waals surface area contributed by atoms with Crippen molar-refractivity contribution in [3.8, 4) is 0 Å². The highest BCUT2D eigenvalue weighted by atomic mass is 32.2. The molecule has 106 valence electrons. The molecule has 1 aromatic carbocycles. The van der Waals surface area contributed by atoms with Gasteiger partial charge < -0.3 is 10.5 Å². The summed E-state index contributed by atoms with van der Waals surface area (Å²) >= 11 is 4.84. The molecule has 0 saturated heterocycles. The molecule has 0 aliphatic rings. The molecule has 19 heavy (non-hydrogen) atoms. The summed E-state index contributed by atoms with van der Waals surface area (Å²) in [5, 5.41) is 0. The van der Waals surface area contributed by atoms with Gasteiger partial charge in [0.2, 0.25) is 10.0 Å². The Kier molecular flexibility index (Phi) is 5.86. The first-order chi connectivity index (χ1) is 8.90. The average molecular weight is 302 g/mol. The first-order valence-electron chi connectivity index (χ1n) is 5.81. The van der Waals surface area contributed by atoms with E-state index in [-0.39, 0.29) is 15.9 Å². The molecule has 0 bridgehead atoms. The highest BCUT2D eigenvalue weighted by Crippen LogP contribution is 2.12. The summed E-state index contributed by atoms with van der Waals surface area (Å²) in [6.07, 6.45) is 0.641. The lowest BCUT2D eigenvalue weighted by atomic mass is 10.2. The zero-order valence-electron chi connectivity index (χ0n) is 10.9. The SMILES string of the molecule is CCC(COC)NS(=O)(=O)c1cccc(C(N)=S)c1. The summed E-state index contributed by atoms with van der Waals surface area (Å²) in [5.74, 6) is 0. The van der Waals surface area contributed by atoms with Crippen LogP contribution in [0.4, 0.5) is 0 Å². The van der Waals surface area contributed by atoms with Crippen LogP contribution in [0.15, 0.2) is 29.2 Å². The fourth-order valence-electron chi connectivity index (χ4n) is 1.54. The van der Waals surface area contributed by atoms with E-state index in [2.05, 4.69) is 4.72 Å². The number of nitrogens with one attached hydrogen (secondary N) is 1. The second-order valence-corrected chi connectivity index (χ2v) is 6.23. The first kappa shape index (κ1) is 16.0. The molecule has 1 aromatic rings. The van der Waals surface area contributed by atoms with Gasteiger partial charge in [0.1, 0.15) is 4.99 Å². The average Bonchev–Trinajstić information content (AvgIpc) is 2.38. The lowest BCUT2D eigenvalue weighted by molar-refractivity contribution is 0.173. The van der Waals surface area contributed by atoms with Crippen molar-refractivity contribution in [3.05, 3.63) is 29.8 Å². The molecule has 7 heteroatoms. The predicted molar refractivity (Wildman–Crippen MR) is 78.6 cm³/mol. The highest BCUT2D eigenvalue weighted by molar-refractivity contribution is 7.89. The molecule has 1 rings (SSSR count). The van der Waals surface area contributed by atoms with E-state index in [4.69, 9.17) is 22.7 Å². The number of hydrogen-bond donors (Lipinski definition) is 2. The minimum atomic E-state index is -3.59. The van der Waals surface area contributed by atoms with E-state index in [1.807, 2.05) is 6.92 Å². The van der Waals surface area contributed by atoms with Gasteiger partial charge in [-0.25, -0.2) is 13.1 Å². The maximum absolute atomic E-state index is 12.2. The van der Waals surface area contributed by atoms with E-state index in [9.17, 15) is 8.42 Å². The Morgan fingerprint density at radius 2 is 2.21 bits per heavy atom. The molecule has 0 amide bonds. The second kappa shape index (κ2) is 6.95. The third kappa shape index (κ3) is 4.54. The van der Waals surface area contributed by atoms with Crippen molar-refractivity contribution in [1.82, 2.24) is 4.72 Å². The van der Waals surface area contributed by atoms with E-state index in [0.717, 1.165) is 0 Å². The van der Waals surface area contributed by atoms with E-state index >= 15 is 0 Å². The van der Waals surface area contributed by atoms with Crippen molar-refractivity contribution in [3.63, 3.8) is 0 Å². The summed E-state index contributed by atoms with van der Waals surface area (Å²) < 4.78 is 32.0. The van der Waals surface area contributed by atoms with Gasteiger partial charge in [-0.15, -0.1) is 0 Å². The first-order valence-corrected chi connectivity index (χ1v) is 7.71. The fourth-order valence-corrected chi connectivity index (χ4v) is 3.02. The van der Waals surface area contributed by atoms with Crippen LogP contribution in [0.5, 0.6) is 0 Å². The van der Waals surface area contributed by atoms with Crippen LogP contribution in [0.25, 0.3) is 0 Å². The maximum Gasteiger partial charge on any atom is 0.240 e. The smallest absolute Gasteiger partial charge is 0.240 e. The van der Waals surface area contributed by atoms with Crippen LogP contribution >= 0.6 is 12.2 Å². The zero-order chi connectivity index (χ0) is 14.5. The number of ether oxygens (including phenoxy) is 1. The van der Waals surface area contributed by atoms with Crippen LogP contribution in [-0.2, 0) is 14.8 Å². The van der Waals surface area contributed by atoms with E-state index < -0.39 is 10.0 Å². The van der Waals surface area contributed by atoms with Crippen LogP contribution in [0, 0.1) is 0 Å². The van der Waals surface area contributed by atoms with Crippen molar-refractivity contribution < 1.29 is 13.2 Å². The van der Waals surface area contributed by atoms with Gasteiger partial charge in [0.05, 0.1) is 11.5 Å².